The molecular formula is C7H10N2O2S. The van der Waals surface area contributed by atoms with E-state index in [1.165, 1.54) is 0 Å². The summed E-state index contributed by atoms with van der Waals surface area (Å²) >= 11 is 4.87. The van der Waals surface area contributed by atoms with Crippen LogP contribution in [0.4, 0.5) is 0 Å². The van der Waals surface area contributed by atoms with E-state index in [0.29, 0.717) is 31.2 Å². The third-order valence-corrected chi connectivity index (χ3v) is 2.56. The Balaban J connectivity index is 2.18. The van der Waals surface area contributed by atoms with Crippen LogP contribution in [0.15, 0.2) is 0 Å². The molecule has 0 radical (unpaired) electrons. The molecule has 5 heteroatoms. The van der Waals surface area contributed by atoms with Gasteiger partial charge in [0.25, 0.3) is 5.91 Å². The number of rotatable bonds is 0. The second-order valence-electron chi connectivity index (χ2n) is 3.10. The van der Waals surface area contributed by atoms with E-state index < -0.39 is 5.54 Å². The molecule has 1 amide bonds. The molecule has 2 aliphatic heterocycles. The van der Waals surface area contributed by atoms with Crippen molar-refractivity contribution in [2.45, 2.75) is 18.4 Å². The van der Waals surface area contributed by atoms with Crippen molar-refractivity contribution < 1.29 is 9.53 Å². The molecule has 0 bridgehead atoms. The molecule has 0 atom stereocenters. The second-order valence-corrected chi connectivity index (χ2v) is 3.51. The zero-order valence-electron chi connectivity index (χ0n) is 6.55. The number of amides is 1. The molecule has 2 aliphatic rings. The molecular weight excluding hydrogens is 176 g/mol. The zero-order valence-corrected chi connectivity index (χ0v) is 7.37. The summed E-state index contributed by atoms with van der Waals surface area (Å²) in [7, 11) is 0. The minimum absolute atomic E-state index is 0.00389. The van der Waals surface area contributed by atoms with E-state index in [-0.39, 0.29) is 5.91 Å². The smallest absolute Gasteiger partial charge is 0.252 e. The molecule has 4 nitrogen and oxygen atoms in total. The molecule has 0 aromatic carbocycles. The van der Waals surface area contributed by atoms with Crippen LogP contribution < -0.4 is 10.6 Å². The van der Waals surface area contributed by atoms with Crippen molar-refractivity contribution in [3.63, 3.8) is 0 Å². The lowest BCUT2D eigenvalue weighted by atomic mass is 9.91. The second kappa shape index (κ2) is 2.67. The van der Waals surface area contributed by atoms with Crippen LogP contribution in [0.3, 0.4) is 0 Å². The van der Waals surface area contributed by atoms with Crippen LogP contribution in [0.5, 0.6) is 0 Å². The summed E-state index contributed by atoms with van der Waals surface area (Å²) < 4.78 is 5.18. The fourth-order valence-corrected chi connectivity index (χ4v) is 1.89. The fraction of sp³-hybridized carbons (Fsp3) is 0.714. The number of thiocarbonyl (C=S) groups is 1. The van der Waals surface area contributed by atoms with E-state index in [1.54, 1.807) is 0 Å². The van der Waals surface area contributed by atoms with Gasteiger partial charge in [-0.3, -0.25) is 4.79 Å². The van der Waals surface area contributed by atoms with Gasteiger partial charge in [0.05, 0.1) is 0 Å². The van der Waals surface area contributed by atoms with Crippen molar-refractivity contribution in [1.29, 1.82) is 0 Å². The number of hydrogen-bond donors (Lipinski definition) is 2. The molecule has 1 spiro atoms. The molecule has 12 heavy (non-hydrogen) atoms. The van der Waals surface area contributed by atoms with Gasteiger partial charge in [0.1, 0.15) is 5.54 Å². The van der Waals surface area contributed by atoms with Gasteiger partial charge in [-0.15, -0.1) is 0 Å². The maximum atomic E-state index is 11.4. The first-order valence-corrected chi connectivity index (χ1v) is 4.35. The Bertz CT molecular complexity index is 236. The molecule has 0 aromatic rings. The molecule has 0 aromatic heterocycles. The highest BCUT2D eigenvalue weighted by atomic mass is 32.1. The Hall–Kier alpha value is -0.680. The van der Waals surface area contributed by atoms with Crippen molar-refractivity contribution in [3.05, 3.63) is 0 Å². The van der Waals surface area contributed by atoms with E-state index in [4.69, 9.17) is 17.0 Å². The van der Waals surface area contributed by atoms with Gasteiger partial charge in [0.2, 0.25) is 0 Å². The Labute approximate surface area is 75.7 Å². The van der Waals surface area contributed by atoms with Gasteiger partial charge in [-0.25, -0.2) is 0 Å². The molecule has 0 unspecified atom stereocenters. The molecule has 66 valence electrons. The summed E-state index contributed by atoms with van der Waals surface area (Å²) in [5.74, 6) is -0.00389. The van der Waals surface area contributed by atoms with Gasteiger partial charge < -0.3 is 15.4 Å². The van der Waals surface area contributed by atoms with E-state index in [0.717, 1.165) is 0 Å². The van der Waals surface area contributed by atoms with Crippen LogP contribution in [0, 0.1) is 0 Å². The quantitative estimate of drug-likeness (QED) is 0.503. The maximum Gasteiger partial charge on any atom is 0.252 e. The lowest BCUT2D eigenvalue weighted by molar-refractivity contribution is -0.127. The molecule has 0 aliphatic carbocycles. The summed E-state index contributed by atoms with van der Waals surface area (Å²) in [6, 6.07) is 0. The minimum Gasteiger partial charge on any atom is -0.381 e. The van der Waals surface area contributed by atoms with E-state index >= 15 is 0 Å². The Morgan fingerprint density at radius 3 is 2.58 bits per heavy atom. The van der Waals surface area contributed by atoms with Crippen molar-refractivity contribution in [2.24, 2.45) is 0 Å². The van der Waals surface area contributed by atoms with Crippen LogP contribution in [-0.4, -0.2) is 29.8 Å². The monoisotopic (exact) mass is 186 g/mol. The van der Waals surface area contributed by atoms with Crippen LogP contribution in [-0.2, 0) is 9.53 Å². The van der Waals surface area contributed by atoms with Crippen molar-refractivity contribution in [1.82, 2.24) is 10.6 Å². The highest BCUT2D eigenvalue weighted by Crippen LogP contribution is 2.23. The maximum absolute atomic E-state index is 11.4. The Kier molecular flexibility index (Phi) is 1.77. The van der Waals surface area contributed by atoms with Crippen LogP contribution in [0.25, 0.3) is 0 Å². The SMILES string of the molecule is O=C1NC(=S)NC12CCOCC2. The third kappa shape index (κ3) is 1.09. The molecule has 2 N–H and O–H groups in total. The number of carbonyl (C=O) groups is 1. The average Bonchev–Trinajstić information content (AvgIpc) is 2.29. The van der Waals surface area contributed by atoms with Crippen LogP contribution >= 0.6 is 12.2 Å². The lowest BCUT2D eigenvalue weighted by Crippen LogP contribution is -2.50. The van der Waals surface area contributed by atoms with Crippen molar-refractivity contribution in [2.75, 3.05) is 13.2 Å². The zero-order chi connectivity index (χ0) is 8.60. The summed E-state index contributed by atoms with van der Waals surface area (Å²) in [5, 5.41) is 6.06. The predicted molar refractivity (Wildman–Crippen MR) is 46.7 cm³/mol. The number of hydrogen-bond acceptors (Lipinski definition) is 3. The van der Waals surface area contributed by atoms with E-state index in [2.05, 4.69) is 10.6 Å². The third-order valence-electron chi connectivity index (χ3n) is 2.36. The summed E-state index contributed by atoms with van der Waals surface area (Å²) in [6.07, 6.45) is 1.41. The average molecular weight is 186 g/mol. The predicted octanol–water partition coefficient (Wildman–Crippen LogP) is -0.460. The highest BCUT2D eigenvalue weighted by molar-refractivity contribution is 7.80. The lowest BCUT2D eigenvalue weighted by Gasteiger charge is -2.30. The first kappa shape index (κ1) is 7.94. The van der Waals surface area contributed by atoms with Crippen molar-refractivity contribution >= 4 is 23.2 Å². The summed E-state index contributed by atoms with van der Waals surface area (Å²) in [6.45, 7) is 1.26. The molecule has 2 fully saturated rings. The standard InChI is InChI=1S/C7H10N2O2S/c10-5-7(9-6(12)8-5)1-3-11-4-2-7/h1-4H2,(H2,8,9,10,12). The summed E-state index contributed by atoms with van der Waals surface area (Å²) in [5.41, 5.74) is -0.463. The number of carbonyl (C=O) groups excluding carboxylic acids is 1. The number of ether oxygens (including phenoxy) is 1. The Morgan fingerprint density at radius 2 is 2.08 bits per heavy atom. The van der Waals surface area contributed by atoms with Gasteiger partial charge >= 0.3 is 0 Å². The van der Waals surface area contributed by atoms with Gasteiger partial charge in [-0.05, 0) is 12.2 Å². The number of nitrogens with one attached hydrogen (secondary N) is 2. The van der Waals surface area contributed by atoms with Crippen molar-refractivity contribution in [3.8, 4) is 0 Å². The molecule has 2 rings (SSSR count). The first-order chi connectivity index (χ1) is 5.73. The van der Waals surface area contributed by atoms with Gasteiger partial charge in [-0.2, -0.15) is 0 Å². The molecule has 2 heterocycles. The van der Waals surface area contributed by atoms with E-state index in [9.17, 15) is 4.79 Å². The summed E-state index contributed by atoms with van der Waals surface area (Å²) in [4.78, 5) is 11.4. The van der Waals surface area contributed by atoms with Gasteiger partial charge in [0.15, 0.2) is 5.11 Å². The van der Waals surface area contributed by atoms with E-state index in [1.807, 2.05) is 0 Å². The Morgan fingerprint density at radius 1 is 1.42 bits per heavy atom. The van der Waals surface area contributed by atoms with Crippen LogP contribution in [0.1, 0.15) is 12.8 Å². The first-order valence-electron chi connectivity index (χ1n) is 3.94. The molecule has 2 saturated heterocycles. The minimum atomic E-state index is -0.463. The largest absolute Gasteiger partial charge is 0.381 e. The van der Waals surface area contributed by atoms with Crippen LogP contribution in [0.2, 0.25) is 0 Å². The fourth-order valence-electron chi connectivity index (χ4n) is 1.60. The topological polar surface area (TPSA) is 50.4 Å². The normalized spacial score (nSPS) is 27.0. The molecule has 0 saturated carbocycles. The highest BCUT2D eigenvalue weighted by Gasteiger charge is 2.45. The van der Waals surface area contributed by atoms with Gasteiger partial charge in [0, 0.05) is 26.1 Å². The van der Waals surface area contributed by atoms with Gasteiger partial charge in [-0.1, -0.05) is 0 Å².